The van der Waals surface area contributed by atoms with E-state index < -0.39 is 0 Å². The maximum absolute atomic E-state index is 11.1. The lowest BCUT2D eigenvalue weighted by atomic mass is 9.91. The molecule has 0 radical (unpaired) electrons. The molecule has 19 heavy (non-hydrogen) atoms. The van der Waals surface area contributed by atoms with Crippen LogP contribution in [0, 0.1) is 5.92 Å². The fraction of sp³-hybridized carbons (Fsp3) is 0.188. The number of benzene rings is 2. The Labute approximate surface area is 112 Å². The molecule has 0 spiro atoms. The molecule has 2 N–H and O–H groups in total. The quantitative estimate of drug-likeness (QED) is 0.660. The summed E-state index contributed by atoms with van der Waals surface area (Å²) in [6.07, 6.45) is -0.102. The molecule has 1 heterocycles. The third-order valence-corrected chi connectivity index (χ3v) is 3.58. The molecule has 0 bridgehead atoms. The summed E-state index contributed by atoms with van der Waals surface area (Å²) >= 11 is 0. The van der Waals surface area contributed by atoms with Gasteiger partial charge in [-0.25, -0.2) is 0 Å². The van der Waals surface area contributed by atoms with Crippen molar-refractivity contribution in [3.05, 3.63) is 54.1 Å². The lowest BCUT2D eigenvalue weighted by Gasteiger charge is -2.32. The molecule has 1 aliphatic rings. The number of nitrogen functional groups attached to an aromatic ring is 1. The minimum Gasteiger partial charge on any atom is -0.456 e. The van der Waals surface area contributed by atoms with Crippen LogP contribution in [0.3, 0.4) is 0 Å². The van der Waals surface area contributed by atoms with E-state index >= 15 is 0 Å². The summed E-state index contributed by atoms with van der Waals surface area (Å²) in [6, 6.07) is 15.8. The van der Waals surface area contributed by atoms with Crippen molar-refractivity contribution in [2.75, 3.05) is 5.73 Å². The van der Waals surface area contributed by atoms with Gasteiger partial charge in [0.05, 0.1) is 5.92 Å². The first kappa shape index (κ1) is 11.8. The van der Waals surface area contributed by atoms with Gasteiger partial charge in [0.15, 0.2) is 0 Å². The third-order valence-electron chi connectivity index (χ3n) is 3.58. The fourth-order valence-electron chi connectivity index (χ4n) is 2.35. The Hall–Kier alpha value is -2.29. The lowest BCUT2D eigenvalue weighted by molar-refractivity contribution is -0.183. The van der Waals surface area contributed by atoms with Crippen molar-refractivity contribution in [2.24, 2.45) is 5.92 Å². The zero-order chi connectivity index (χ0) is 13.4. The van der Waals surface area contributed by atoms with E-state index in [0.717, 1.165) is 22.4 Å². The molecule has 1 aliphatic heterocycles. The molecule has 3 nitrogen and oxygen atoms in total. The van der Waals surface area contributed by atoms with E-state index in [1.807, 2.05) is 55.5 Å². The van der Waals surface area contributed by atoms with Gasteiger partial charge < -0.3 is 10.5 Å². The number of hydrogen-bond acceptors (Lipinski definition) is 3. The maximum atomic E-state index is 11.1. The molecule has 0 amide bonds. The van der Waals surface area contributed by atoms with Crippen LogP contribution in [0.1, 0.15) is 18.6 Å². The summed E-state index contributed by atoms with van der Waals surface area (Å²) in [5.41, 5.74) is 9.84. The topological polar surface area (TPSA) is 52.3 Å². The van der Waals surface area contributed by atoms with Crippen molar-refractivity contribution in [1.82, 2.24) is 0 Å². The zero-order valence-electron chi connectivity index (χ0n) is 10.7. The SMILES string of the molecule is CC1C(=O)OC1c1ccc(-c2ccccc2N)cc1. The largest absolute Gasteiger partial charge is 0.456 e. The highest BCUT2D eigenvalue weighted by Gasteiger charge is 2.39. The summed E-state index contributed by atoms with van der Waals surface area (Å²) in [7, 11) is 0. The van der Waals surface area contributed by atoms with E-state index in [2.05, 4.69) is 0 Å². The van der Waals surface area contributed by atoms with E-state index in [0.29, 0.717) is 0 Å². The van der Waals surface area contributed by atoms with Gasteiger partial charge in [-0.2, -0.15) is 0 Å². The summed E-state index contributed by atoms with van der Waals surface area (Å²) in [5, 5.41) is 0. The van der Waals surface area contributed by atoms with Crippen LogP contribution in [0.5, 0.6) is 0 Å². The van der Waals surface area contributed by atoms with Crippen molar-refractivity contribution in [1.29, 1.82) is 0 Å². The number of ether oxygens (including phenoxy) is 1. The minimum atomic E-state index is -0.124. The van der Waals surface area contributed by atoms with Crippen molar-refractivity contribution in [3.63, 3.8) is 0 Å². The van der Waals surface area contributed by atoms with Crippen LogP contribution >= 0.6 is 0 Å². The fourth-order valence-corrected chi connectivity index (χ4v) is 2.35. The number of hydrogen-bond donors (Lipinski definition) is 1. The summed E-state index contributed by atoms with van der Waals surface area (Å²) in [5.74, 6) is -0.172. The number of nitrogens with two attached hydrogens (primary N) is 1. The number of rotatable bonds is 2. The third kappa shape index (κ3) is 1.97. The minimum absolute atomic E-state index is 0.0485. The molecule has 96 valence electrons. The van der Waals surface area contributed by atoms with E-state index in [9.17, 15) is 4.79 Å². The molecule has 0 aliphatic carbocycles. The summed E-state index contributed by atoms with van der Waals surface area (Å²) in [4.78, 5) is 11.1. The Balaban J connectivity index is 1.88. The highest BCUT2D eigenvalue weighted by atomic mass is 16.6. The van der Waals surface area contributed by atoms with Crippen LogP contribution in [0.4, 0.5) is 5.69 Å². The average Bonchev–Trinajstić information content (AvgIpc) is 2.45. The Morgan fingerprint density at radius 3 is 2.32 bits per heavy atom. The molecule has 1 saturated heterocycles. The summed E-state index contributed by atoms with van der Waals surface area (Å²) < 4.78 is 5.14. The predicted octanol–water partition coefficient (Wildman–Crippen LogP) is 3.17. The van der Waals surface area contributed by atoms with Gasteiger partial charge in [-0.15, -0.1) is 0 Å². The lowest BCUT2D eigenvalue weighted by Crippen LogP contribution is -2.36. The first-order valence-electron chi connectivity index (χ1n) is 6.32. The van der Waals surface area contributed by atoms with E-state index in [4.69, 9.17) is 10.5 Å². The standard InChI is InChI=1S/C16H15NO2/c1-10-15(19-16(10)18)12-8-6-11(7-9-12)13-4-2-3-5-14(13)17/h2-10,15H,17H2,1H3. The van der Waals surface area contributed by atoms with Crippen LogP contribution in [-0.4, -0.2) is 5.97 Å². The highest BCUT2D eigenvalue weighted by Crippen LogP contribution is 2.37. The smallest absolute Gasteiger partial charge is 0.313 e. The highest BCUT2D eigenvalue weighted by molar-refractivity contribution is 5.79. The second-order valence-electron chi connectivity index (χ2n) is 4.86. The van der Waals surface area contributed by atoms with Gasteiger partial charge in [-0.1, -0.05) is 42.5 Å². The predicted molar refractivity (Wildman–Crippen MR) is 74.3 cm³/mol. The second kappa shape index (κ2) is 4.43. The molecule has 1 fully saturated rings. The zero-order valence-corrected chi connectivity index (χ0v) is 10.7. The first-order chi connectivity index (χ1) is 9.16. The molecular formula is C16H15NO2. The van der Waals surface area contributed by atoms with Crippen LogP contribution < -0.4 is 5.73 Å². The molecule has 2 aromatic rings. The Morgan fingerprint density at radius 2 is 1.74 bits per heavy atom. The van der Waals surface area contributed by atoms with Crippen LogP contribution in [0.25, 0.3) is 11.1 Å². The van der Waals surface area contributed by atoms with Gasteiger partial charge in [0.2, 0.25) is 0 Å². The Morgan fingerprint density at radius 1 is 1.05 bits per heavy atom. The second-order valence-corrected chi connectivity index (χ2v) is 4.86. The van der Waals surface area contributed by atoms with Gasteiger partial charge in [0.1, 0.15) is 6.10 Å². The van der Waals surface area contributed by atoms with Crippen molar-refractivity contribution in [2.45, 2.75) is 13.0 Å². The molecule has 3 heteroatoms. The molecule has 2 atom stereocenters. The van der Waals surface area contributed by atoms with Crippen LogP contribution in [-0.2, 0) is 9.53 Å². The maximum Gasteiger partial charge on any atom is 0.313 e. The number of carbonyl (C=O) groups is 1. The molecule has 0 aromatic heterocycles. The molecule has 2 unspecified atom stereocenters. The number of para-hydroxylation sites is 1. The van der Waals surface area contributed by atoms with E-state index in [1.165, 1.54) is 0 Å². The molecule has 0 saturated carbocycles. The number of cyclic esters (lactones) is 1. The van der Waals surface area contributed by atoms with Gasteiger partial charge in [-0.05, 0) is 24.1 Å². The molecule has 3 rings (SSSR count). The monoisotopic (exact) mass is 253 g/mol. The van der Waals surface area contributed by atoms with Gasteiger partial charge in [0.25, 0.3) is 0 Å². The Bertz CT molecular complexity index is 619. The van der Waals surface area contributed by atoms with Gasteiger partial charge in [-0.3, -0.25) is 4.79 Å². The normalized spacial score (nSPS) is 21.6. The molecular weight excluding hydrogens is 238 g/mol. The van der Waals surface area contributed by atoms with E-state index in [-0.39, 0.29) is 18.0 Å². The first-order valence-corrected chi connectivity index (χ1v) is 6.32. The number of anilines is 1. The van der Waals surface area contributed by atoms with Gasteiger partial charge >= 0.3 is 5.97 Å². The van der Waals surface area contributed by atoms with E-state index in [1.54, 1.807) is 0 Å². The van der Waals surface area contributed by atoms with Crippen molar-refractivity contribution < 1.29 is 9.53 Å². The Kier molecular flexibility index (Phi) is 2.75. The average molecular weight is 253 g/mol. The van der Waals surface area contributed by atoms with Crippen LogP contribution in [0.2, 0.25) is 0 Å². The molecule has 2 aromatic carbocycles. The van der Waals surface area contributed by atoms with Crippen molar-refractivity contribution in [3.8, 4) is 11.1 Å². The summed E-state index contributed by atoms with van der Waals surface area (Å²) in [6.45, 7) is 1.89. The van der Waals surface area contributed by atoms with Gasteiger partial charge in [0, 0.05) is 11.3 Å². The number of carbonyl (C=O) groups excluding carboxylic acids is 1. The van der Waals surface area contributed by atoms with Crippen molar-refractivity contribution >= 4 is 11.7 Å². The van der Waals surface area contributed by atoms with Crippen LogP contribution in [0.15, 0.2) is 48.5 Å². The number of esters is 1.